The highest BCUT2D eigenvalue weighted by Gasteiger charge is 2.19. The summed E-state index contributed by atoms with van der Waals surface area (Å²) in [6.07, 6.45) is 1.55. The maximum absolute atomic E-state index is 12.9. The molecular formula is C24H21ClN2O2. The van der Waals surface area contributed by atoms with Crippen LogP contribution in [0.1, 0.15) is 16.7 Å². The molecule has 0 saturated heterocycles. The number of hydrogen-bond donors (Lipinski definition) is 2. The van der Waals surface area contributed by atoms with E-state index >= 15 is 0 Å². The van der Waals surface area contributed by atoms with Crippen LogP contribution in [0.3, 0.4) is 0 Å². The summed E-state index contributed by atoms with van der Waals surface area (Å²) in [6, 6.07) is 21.7. The number of carbonyl (C=O) groups is 2. The second-order valence-corrected chi connectivity index (χ2v) is 7.19. The van der Waals surface area contributed by atoms with Crippen molar-refractivity contribution < 1.29 is 9.59 Å². The summed E-state index contributed by atoms with van der Waals surface area (Å²) in [6.45, 7) is 3.93. The average molecular weight is 405 g/mol. The van der Waals surface area contributed by atoms with Crippen molar-refractivity contribution in [2.45, 2.75) is 13.8 Å². The molecule has 0 heterocycles. The molecule has 0 aliphatic rings. The van der Waals surface area contributed by atoms with Crippen molar-refractivity contribution in [2.24, 2.45) is 0 Å². The quantitative estimate of drug-likeness (QED) is 0.329. The van der Waals surface area contributed by atoms with Crippen LogP contribution in [-0.2, 0) is 9.59 Å². The first kappa shape index (κ1) is 20.4. The minimum Gasteiger partial charge on any atom is -0.322 e. The molecule has 0 saturated carbocycles. The fourth-order valence-electron chi connectivity index (χ4n) is 2.63. The Hall–Kier alpha value is -3.37. The zero-order chi connectivity index (χ0) is 20.8. The lowest BCUT2D eigenvalue weighted by Crippen LogP contribution is -2.25. The predicted molar refractivity (Wildman–Crippen MR) is 119 cm³/mol. The predicted octanol–water partition coefficient (Wildman–Crippen LogP) is 5.62. The standard InChI is InChI=1S/C24H21ClN2O2/c1-16-3-11-20(12-4-16)26-23(28)22(15-18-7-9-19(25)10-8-18)24(29)27-21-13-5-17(2)6-14-21/h3-15H,1-2H3,(H,26,28)(H,27,29). The highest BCUT2D eigenvalue weighted by Crippen LogP contribution is 2.17. The van der Waals surface area contributed by atoms with Crippen molar-refractivity contribution in [3.05, 3.63) is 100 Å². The smallest absolute Gasteiger partial charge is 0.261 e. The fourth-order valence-corrected chi connectivity index (χ4v) is 2.76. The van der Waals surface area contributed by atoms with E-state index in [0.717, 1.165) is 11.1 Å². The lowest BCUT2D eigenvalue weighted by Gasteiger charge is -2.11. The van der Waals surface area contributed by atoms with Gasteiger partial charge in [-0.15, -0.1) is 0 Å². The number of nitrogens with one attached hydrogen (secondary N) is 2. The molecule has 0 aliphatic carbocycles. The summed E-state index contributed by atoms with van der Waals surface area (Å²) in [5, 5.41) is 6.15. The maximum atomic E-state index is 12.9. The lowest BCUT2D eigenvalue weighted by molar-refractivity contribution is -0.118. The van der Waals surface area contributed by atoms with Crippen LogP contribution < -0.4 is 10.6 Å². The number of hydrogen-bond acceptors (Lipinski definition) is 2. The highest BCUT2D eigenvalue weighted by atomic mass is 35.5. The summed E-state index contributed by atoms with van der Waals surface area (Å²) < 4.78 is 0. The summed E-state index contributed by atoms with van der Waals surface area (Å²) in [5.41, 5.74) is 4.08. The van der Waals surface area contributed by atoms with E-state index in [4.69, 9.17) is 11.6 Å². The molecule has 0 bridgehead atoms. The van der Waals surface area contributed by atoms with Crippen LogP contribution in [0.4, 0.5) is 11.4 Å². The molecule has 146 valence electrons. The zero-order valence-electron chi connectivity index (χ0n) is 16.2. The topological polar surface area (TPSA) is 58.2 Å². The Labute approximate surface area is 175 Å². The van der Waals surface area contributed by atoms with Crippen LogP contribution in [0.2, 0.25) is 5.02 Å². The van der Waals surface area contributed by atoms with E-state index in [9.17, 15) is 9.59 Å². The fraction of sp³-hybridized carbons (Fsp3) is 0.0833. The van der Waals surface area contributed by atoms with Gasteiger partial charge in [0.05, 0.1) is 0 Å². The molecule has 0 atom stereocenters. The van der Waals surface area contributed by atoms with Gasteiger partial charge < -0.3 is 10.6 Å². The first-order valence-electron chi connectivity index (χ1n) is 9.14. The maximum Gasteiger partial charge on any atom is 0.261 e. The Morgan fingerprint density at radius 3 is 1.52 bits per heavy atom. The Morgan fingerprint density at radius 2 is 1.10 bits per heavy atom. The average Bonchev–Trinajstić information content (AvgIpc) is 2.71. The van der Waals surface area contributed by atoms with Gasteiger partial charge in [-0.25, -0.2) is 0 Å². The number of rotatable bonds is 5. The van der Waals surface area contributed by atoms with E-state index in [0.29, 0.717) is 22.0 Å². The summed E-state index contributed by atoms with van der Waals surface area (Å²) >= 11 is 5.93. The van der Waals surface area contributed by atoms with Crippen LogP contribution in [-0.4, -0.2) is 11.8 Å². The van der Waals surface area contributed by atoms with Crippen molar-refractivity contribution in [3.8, 4) is 0 Å². The molecule has 0 fully saturated rings. The van der Waals surface area contributed by atoms with Gasteiger partial charge in [-0.1, -0.05) is 59.1 Å². The van der Waals surface area contributed by atoms with Crippen molar-refractivity contribution in [1.82, 2.24) is 0 Å². The Balaban J connectivity index is 1.88. The summed E-state index contributed by atoms with van der Waals surface area (Å²) in [4.78, 5) is 25.8. The summed E-state index contributed by atoms with van der Waals surface area (Å²) in [5.74, 6) is -0.984. The van der Waals surface area contributed by atoms with E-state index in [1.54, 1.807) is 54.6 Å². The number of carbonyl (C=O) groups excluding carboxylic acids is 2. The first-order valence-corrected chi connectivity index (χ1v) is 9.52. The van der Waals surface area contributed by atoms with Crippen LogP contribution in [0, 0.1) is 13.8 Å². The summed E-state index contributed by atoms with van der Waals surface area (Å²) in [7, 11) is 0. The van der Waals surface area contributed by atoms with Gasteiger partial charge in [0.1, 0.15) is 5.57 Å². The normalized spacial score (nSPS) is 10.2. The van der Waals surface area contributed by atoms with Gasteiger partial charge in [-0.3, -0.25) is 9.59 Å². The third kappa shape index (κ3) is 5.80. The van der Waals surface area contributed by atoms with E-state index in [1.807, 2.05) is 38.1 Å². The number of anilines is 2. The highest BCUT2D eigenvalue weighted by molar-refractivity contribution is 6.31. The lowest BCUT2D eigenvalue weighted by atomic mass is 10.1. The molecule has 0 spiro atoms. The van der Waals surface area contributed by atoms with Gasteiger partial charge >= 0.3 is 0 Å². The van der Waals surface area contributed by atoms with Crippen LogP contribution >= 0.6 is 11.6 Å². The van der Waals surface area contributed by atoms with Crippen LogP contribution in [0.5, 0.6) is 0 Å². The van der Waals surface area contributed by atoms with E-state index in [1.165, 1.54) is 0 Å². The molecule has 3 rings (SSSR count). The number of aryl methyl sites for hydroxylation is 2. The zero-order valence-corrected chi connectivity index (χ0v) is 17.0. The number of amides is 2. The van der Waals surface area contributed by atoms with Gasteiger partial charge in [0.25, 0.3) is 11.8 Å². The Kier molecular flexibility index (Phi) is 6.47. The van der Waals surface area contributed by atoms with Crippen LogP contribution in [0.25, 0.3) is 6.08 Å². The van der Waals surface area contributed by atoms with Crippen molar-refractivity contribution in [2.75, 3.05) is 10.6 Å². The largest absolute Gasteiger partial charge is 0.322 e. The van der Waals surface area contributed by atoms with Crippen LogP contribution in [0.15, 0.2) is 78.4 Å². The minimum atomic E-state index is -0.492. The Morgan fingerprint density at radius 1 is 0.690 bits per heavy atom. The molecule has 3 aromatic carbocycles. The minimum absolute atomic E-state index is 0.00604. The van der Waals surface area contributed by atoms with Crippen molar-refractivity contribution in [3.63, 3.8) is 0 Å². The molecule has 0 radical (unpaired) electrons. The molecule has 2 N–H and O–H groups in total. The molecule has 0 aliphatic heterocycles. The third-order valence-corrected chi connectivity index (χ3v) is 4.54. The third-order valence-electron chi connectivity index (χ3n) is 4.29. The SMILES string of the molecule is Cc1ccc(NC(=O)C(=Cc2ccc(Cl)cc2)C(=O)Nc2ccc(C)cc2)cc1. The monoisotopic (exact) mass is 404 g/mol. The van der Waals surface area contributed by atoms with Crippen molar-refractivity contribution >= 4 is 40.9 Å². The molecular weight excluding hydrogens is 384 g/mol. The second-order valence-electron chi connectivity index (χ2n) is 6.75. The van der Waals surface area contributed by atoms with Gasteiger partial charge in [-0.05, 0) is 61.9 Å². The number of benzene rings is 3. The van der Waals surface area contributed by atoms with Gasteiger partial charge in [-0.2, -0.15) is 0 Å². The van der Waals surface area contributed by atoms with Gasteiger partial charge in [0.2, 0.25) is 0 Å². The Bertz CT molecular complexity index is 976. The molecule has 5 heteroatoms. The van der Waals surface area contributed by atoms with E-state index in [2.05, 4.69) is 10.6 Å². The molecule has 3 aromatic rings. The van der Waals surface area contributed by atoms with Gasteiger partial charge in [0.15, 0.2) is 0 Å². The van der Waals surface area contributed by atoms with Crippen molar-refractivity contribution in [1.29, 1.82) is 0 Å². The molecule has 0 unspecified atom stereocenters. The molecule has 0 aromatic heterocycles. The molecule has 29 heavy (non-hydrogen) atoms. The second kappa shape index (κ2) is 9.22. The van der Waals surface area contributed by atoms with E-state index < -0.39 is 11.8 Å². The van der Waals surface area contributed by atoms with Gasteiger partial charge in [0, 0.05) is 16.4 Å². The first-order chi connectivity index (χ1) is 13.9. The molecule has 2 amide bonds. The molecule has 4 nitrogen and oxygen atoms in total. The number of halogens is 1. The van der Waals surface area contributed by atoms with E-state index in [-0.39, 0.29) is 5.57 Å².